The van der Waals surface area contributed by atoms with Gasteiger partial charge in [0.15, 0.2) is 17.4 Å². The van der Waals surface area contributed by atoms with Gasteiger partial charge in [0.25, 0.3) is 0 Å². The summed E-state index contributed by atoms with van der Waals surface area (Å²) in [6, 6.07) is 2.16. The van der Waals surface area contributed by atoms with Gasteiger partial charge in [-0.05, 0) is 35.0 Å². The molecular weight excluding hydrogens is 266 g/mol. The van der Waals surface area contributed by atoms with Gasteiger partial charge in [-0.2, -0.15) is 0 Å². The lowest BCUT2D eigenvalue weighted by molar-refractivity contribution is 0.0997. The van der Waals surface area contributed by atoms with Crippen LogP contribution in [-0.2, 0) is 0 Å². The number of Topliss-reactive ketones (excluding diaryl/α,β-unsaturated/α-hetero) is 1. The average molecular weight is 273 g/mol. The molecule has 0 aliphatic heterocycles. The van der Waals surface area contributed by atoms with Gasteiger partial charge in [0.2, 0.25) is 0 Å². The van der Waals surface area contributed by atoms with Crippen LogP contribution in [0.2, 0.25) is 0 Å². The van der Waals surface area contributed by atoms with Gasteiger partial charge < -0.3 is 0 Å². The van der Waals surface area contributed by atoms with Crippen LogP contribution < -0.4 is 0 Å². The molecule has 78 valence electrons. The first-order valence-corrected chi connectivity index (χ1v) is 4.93. The molecule has 1 nitrogen and oxygen atoms in total. The van der Waals surface area contributed by atoms with Crippen molar-refractivity contribution >= 4 is 21.7 Å². The maximum absolute atomic E-state index is 13.1. The summed E-state index contributed by atoms with van der Waals surface area (Å²) in [6.45, 7) is 1.60. The molecular formula is C11H7BrF2O. The Kier molecular flexibility index (Phi) is 3.98. The highest BCUT2D eigenvalue weighted by Gasteiger charge is 2.15. The van der Waals surface area contributed by atoms with E-state index >= 15 is 0 Å². The third kappa shape index (κ3) is 2.63. The number of carbonyl (C=O) groups is 1. The highest BCUT2D eigenvalue weighted by atomic mass is 79.9. The zero-order chi connectivity index (χ0) is 11.4. The molecule has 0 radical (unpaired) electrons. The van der Waals surface area contributed by atoms with Gasteiger partial charge in [0, 0.05) is 5.56 Å². The second kappa shape index (κ2) is 5.04. The zero-order valence-corrected chi connectivity index (χ0v) is 9.49. The van der Waals surface area contributed by atoms with E-state index < -0.39 is 11.6 Å². The first-order valence-electron chi connectivity index (χ1n) is 4.14. The van der Waals surface area contributed by atoms with E-state index in [-0.39, 0.29) is 22.2 Å². The average Bonchev–Trinajstić information content (AvgIpc) is 2.23. The maximum Gasteiger partial charge on any atom is 0.175 e. The predicted octanol–water partition coefficient (Wildman–Crippen LogP) is 3.32. The van der Waals surface area contributed by atoms with Crippen LogP contribution in [-0.4, -0.2) is 5.78 Å². The minimum absolute atomic E-state index is 0.000171. The molecule has 0 aromatic heterocycles. The van der Waals surface area contributed by atoms with Gasteiger partial charge in [-0.25, -0.2) is 8.78 Å². The number of carbonyl (C=O) groups excluding carboxylic acids is 1. The Bertz CT molecular complexity index is 458. The predicted molar refractivity (Wildman–Crippen MR) is 56.5 cm³/mol. The molecule has 4 heteroatoms. The number of benzene rings is 1. The molecule has 0 spiro atoms. The fourth-order valence-electron chi connectivity index (χ4n) is 1.01. The number of ketones is 1. The molecule has 0 aliphatic rings. The smallest absolute Gasteiger partial charge is 0.175 e. The van der Waals surface area contributed by atoms with Gasteiger partial charge >= 0.3 is 0 Å². The molecule has 0 saturated carbocycles. The molecule has 15 heavy (non-hydrogen) atoms. The van der Waals surface area contributed by atoms with E-state index in [4.69, 9.17) is 0 Å². The topological polar surface area (TPSA) is 17.1 Å². The first-order chi connectivity index (χ1) is 7.07. The van der Waals surface area contributed by atoms with Crippen molar-refractivity contribution in [1.82, 2.24) is 0 Å². The second-order valence-electron chi connectivity index (χ2n) is 2.75. The number of halogens is 3. The molecule has 0 saturated heterocycles. The summed E-state index contributed by atoms with van der Waals surface area (Å²) in [7, 11) is 0. The molecule has 0 aliphatic carbocycles. The molecule has 0 heterocycles. The van der Waals surface area contributed by atoms with E-state index in [0.29, 0.717) is 0 Å². The lowest BCUT2D eigenvalue weighted by Crippen LogP contribution is -2.01. The monoisotopic (exact) mass is 272 g/mol. The Morgan fingerprint density at radius 2 is 2.13 bits per heavy atom. The van der Waals surface area contributed by atoms with Gasteiger partial charge in [-0.1, -0.05) is 5.92 Å². The normalized spacial score (nSPS) is 9.33. The van der Waals surface area contributed by atoms with E-state index in [1.54, 1.807) is 6.92 Å². The zero-order valence-electron chi connectivity index (χ0n) is 7.90. The van der Waals surface area contributed by atoms with Crippen LogP contribution in [0, 0.1) is 23.5 Å². The molecule has 0 unspecified atom stereocenters. The first kappa shape index (κ1) is 11.9. The second-order valence-corrected chi connectivity index (χ2v) is 3.54. The summed E-state index contributed by atoms with van der Waals surface area (Å²) in [5.41, 5.74) is 0.108. The molecule has 1 aromatic rings. The van der Waals surface area contributed by atoms with Gasteiger partial charge in [0.05, 0.1) is 10.9 Å². The molecule has 0 N–H and O–H groups in total. The van der Waals surface area contributed by atoms with E-state index in [9.17, 15) is 13.6 Å². The van der Waals surface area contributed by atoms with Crippen molar-refractivity contribution in [2.75, 3.05) is 0 Å². The van der Waals surface area contributed by atoms with Crippen LogP contribution in [0.25, 0.3) is 0 Å². The lowest BCUT2D eigenvalue weighted by atomic mass is 10.1. The minimum atomic E-state index is -1.05. The largest absolute Gasteiger partial charge is 0.293 e. The van der Waals surface area contributed by atoms with Gasteiger partial charge in [-0.15, -0.1) is 5.92 Å². The Morgan fingerprint density at radius 1 is 1.47 bits per heavy atom. The molecule has 1 rings (SSSR count). The lowest BCUT2D eigenvalue weighted by Gasteiger charge is -2.02. The van der Waals surface area contributed by atoms with Crippen molar-refractivity contribution in [1.29, 1.82) is 0 Å². The summed E-state index contributed by atoms with van der Waals surface area (Å²) in [6.07, 6.45) is 0.000171. The highest BCUT2D eigenvalue weighted by molar-refractivity contribution is 9.10. The van der Waals surface area contributed by atoms with E-state index in [0.717, 1.165) is 6.07 Å². The number of rotatable bonds is 2. The molecule has 0 bridgehead atoms. The third-order valence-electron chi connectivity index (χ3n) is 1.76. The fraction of sp³-hybridized carbons (Fsp3) is 0.182. The van der Waals surface area contributed by atoms with Crippen molar-refractivity contribution in [3.63, 3.8) is 0 Å². The standard InChI is InChI=1S/C11H7BrF2O/c1-2-3-4-9(15)7-5-6-8(13)11(14)10(7)12/h5-6H,4H2,1H3. The fourth-order valence-corrected chi connectivity index (χ4v) is 1.55. The van der Waals surface area contributed by atoms with Crippen molar-refractivity contribution in [3.8, 4) is 11.8 Å². The molecule has 0 fully saturated rings. The van der Waals surface area contributed by atoms with Crippen LogP contribution in [0.5, 0.6) is 0 Å². The van der Waals surface area contributed by atoms with Crippen molar-refractivity contribution in [2.45, 2.75) is 13.3 Å². The van der Waals surface area contributed by atoms with Crippen molar-refractivity contribution in [2.24, 2.45) is 0 Å². The van der Waals surface area contributed by atoms with Crippen LogP contribution in [0.1, 0.15) is 23.7 Å². The van der Waals surface area contributed by atoms with E-state index in [1.165, 1.54) is 6.07 Å². The summed E-state index contributed by atoms with van der Waals surface area (Å²) in [4.78, 5) is 11.5. The maximum atomic E-state index is 13.1. The number of hydrogen-bond donors (Lipinski definition) is 0. The van der Waals surface area contributed by atoms with Gasteiger partial charge in [-0.3, -0.25) is 4.79 Å². The quantitative estimate of drug-likeness (QED) is 0.459. The minimum Gasteiger partial charge on any atom is -0.293 e. The van der Waals surface area contributed by atoms with E-state index in [1.807, 2.05) is 0 Å². The SMILES string of the molecule is CC#CCC(=O)c1ccc(F)c(F)c1Br. The van der Waals surface area contributed by atoms with Crippen LogP contribution in [0.15, 0.2) is 16.6 Å². The van der Waals surface area contributed by atoms with Crippen LogP contribution in [0.4, 0.5) is 8.78 Å². The van der Waals surface area contributed by atoms with Crippen molar-refractivity contribution < 1.29 is 13.6 Å². The number of hydrogen-bond acceptors (Lipinski definition) is 1. The van der Waals surface area contributed by atoms with Gasteiger partial charge in [0.1, 0.15) is 0 Å². The summed E-state index contributed by atoms with van der Waals surface area (Å²) in [5, 5.41) is 0. The summed E-state index contributed by atoms with van der Waals surface area (Å²) >= 11 is 2.84. The summed E-state index contributed by atoms with van der Waals surface area (Å²) < 4.78 is 25.6. The Hall–Kier alpha value is -1.21. The Labute approximate surface area is 94.6 Å². The van der Waals surface area contributed by atoms with Crippen molar-refractivity contribution in [3.05, 3.63) is 33.8 Å². The molecule has 0 atom stereocenters. The Balaban J connectivity index is 3.09. The molecule has 0 amide bonds. The third-order valence-corrected chi connectivity index (χ3v) is 2.54. The van der Waals surface area contributed by atoms with Crippen LogP contribution in [0.3, 0.4) is 0 Å². The van der Waals surface area contributed by atoms with Crippen LogP contribution >= 0.6 is 15.9 Å². The summed E-state index contributed by atoms with van der Waals surface area (Å²) in [5.74, 6) is 2.76. The Morgan fingerprint density at radius 3 is 2.73 bits per heavy atom. The highest BCUT2D eigenvalue weighted by Crippen LogP contribution is 2.23. The molecule has 1 aromatic carbocycles. The van der Waals surface area contributed by atoms with E-state index in [2.05, 4.69) is 27.8 Å².